The SMILES string of the molecule is Cc1ccc(N)c(S(=O)CCOC(C)C)c1. The molecule has 0 aliphatic heterocycles. The number of hydrogen-bond acceptors (Lipinski definition) is 3. The zero-order valence-electron chi connectivity index (χ0n) is 10.0. The second kappa shape index (κ2) is 6.01. The minimum absolute atomic E-state index is 0.173. The number of anilines is 1. The predicted molar refractivity (Wildman–Crippen MR) is 68.0 cm³/mol. The smallest absolute Gasteiger partial charge is 0.0620 e. The first-order valence-electron chi connectivity index (χ1n) is 5.37. The standard InChI is InChI=1S/C12H19NO2S/c1-9(2)15-6-7-16(14)12-8-10(3)4-5-11(12)13/h4-5,8-9H,6-7,13H2,1-3H3. The van der Waals surface area contributed by atoms with Gasteiger partial charge < -0.3 is 10.5 Å². The molecule has 16 heavy (non-hydrogen) atoms. The van der Waals surface area contributed by atoms with Gasteiger partial charge in [0, 0.05) is 5.69 Å². The molecule has 0 aliphatic rings. The van der Waals surface area contributed by atoms with E-state index in [0.29, 0.717) is 22.9 Å². The Morgan fingerprint density at radius 1 is 1.44 bits per heavy atom. The van der Waals surface area contributed by atoms with Crippen LogP contribution in [0.4, 0.5) is 5.69 Å². The molecule has 0 spiro atoms. The van der Waals surface area contributed by atoms with Gasteiger partial charge in [-0.3, -0.25) is 4.21 Å². The molecule has 0 saturated heterocycles. The summed E-state index contributed by atoms with van der Waals surface area (Å²) in [5.41, 5.74) is 7.45. The van der Waals surface area contributed by atoms with Crippen LogP contribution in [0, 0.1) is 6.92 Å². The molecule has 1 aromatic rings. The summed E-state index contributed by atoms with van der Waals surface area (Å²) in [7, 11) is -1.07. The lowest BCUT2D eigenvalue weighted by Crippen LogP contribution is -2.12. The second-order valence-corrected chi connectivity index (χ2v) is 5.55. The third kappa shape index (κ3) is 3.94. The first-order valence-corrected chi connectivity index (χ1v) is 6.68. The van der Waals surface area contributed by atoms with E-state index in [-0.39, 0.29) is 6.10 Å². The van der Waals surface area contributed by atoms with Crippen LogP contribution >= 0.6 is 0 Å². The molecule has 0 amide bonds. The highest BCUT2D eigenvalue weighted by Gasteiger charge is 2.08. The van der Waals surface area contributed by atoms with Gasteiger partial charge in [-0.05, 0) is 38.5 Å². The van der Waals surface area contributed by atoms with Crippen molar-refractivity contribution in [2.75, 3.05) is 18.1 Å². The fraction of sp³-hybridized carbons (Fsp3) is 0.500. The molecule has 0 saturated carbocycles. The van der Waals surface area contributed by atoms with Gasteiger partial charge in [-0.15, -0.1) is 0 Å². The fourth-order valence-corrected chi connectivity index (χ4v) is 2.42. The Morgan fingerprint density at radius 3 is 2.75 bits per heavy atom. The van der Waals surface area contributed by atoms with E-state index >= 15 is 0 Å². The summed E-state index contributed by atoms with van der Waals surface area (Å²) in [4.78, 5) is 0.715. The predicted octanol–water partition coefficient (Wildman–Crippen LogP) is 2.11. The molecule has 0 radical (unpaired) electrons. The third-order valence-corrected chi connectivity index (χ3v) is 3.52. The summed E-state index contributed by atoms with van der Waals surface area (Å²) in [5.74, 6) is 0.492. The minimum atomic E-state index is -1.07. The molecular formula is C12H19NO2S. The maximum atomic E-state index is 12.0. The van der Waals surface area contributed by atoms with Crippen molar-refractivity contribution in [3.63, 3.8) is 0 Å². The summed E-state index contributed by atoms with van der Waals surface area (Å²) in [6, 6.07) is 5.59. The number of rotatable bonds is 5. The number of aryl methyl sites for hydroxylation is 1. The monoisotopic (exact) mass is 241 g/mol. The highest BCUT2D eigenvalue weighted by Crippen LogP contribution is 2.18. The Balaban J connectivity index is 2.62. The topological polar surface area (TPSA) is 52.3 Å². The molecule has 0 bridgehead atoms. The summed E-state index contributed by atoms with van der Waals surface area (Å²) in [5, 5.41) is 0. The lowest BCUT2D eigenvalue weighted by atomic mass is 10.2. The Bertz CT molecular complexity index is 377. The van der Waals surface area contributed by atoms with E-state index in [2.05, 4.69) is 0 Å². The van der Waals surface area contributed by atoms with E-state index in [4.69, 9.17) is 10.5 Å². The van der Waals surface area contributed by atoms with E-state index in [0.717, 1.165) is 5.56 Å². The van der Waals surface area contributed by atoms with Gasteiger partial charge in [0.15, 0.2) is 0 Å². The van der Waals surface area contributed by atoms with E-state index in [1.807, 2.05) is 32.9 Å². The van der Waals surface area contributed by atoms with Crippen LogP contribution in [0.3, 0.4) is 0 Å². The molecule has 1 unspecified atom stereocenters. The van der Waals surface area contributed by atoms with Crippen molar-refractivity contribution in [2.45, 2.75) is 31.8 Å². The van der Waals surface area contributed by atoms with Crippen molar-refractivity contribution >= 4 is 16.5 Å². The van der Waals surface area contributed by atoms with Crippen LogP contribution in [-0.4, -0.2) is 22.7 Å². The van der Waals surface area contributed by atoms with Gasteiger partial charge in [-0.1, -0.05) is 6.07 Å². The first-order chi connectivity index (χ1) is 7.50. The van der Waals surface area contributed by atoms with Crippen LogP contribution < -0.4 is 5.73 Å². The Kier molecular flexibility index (Phi) is 4.96. The zero-order chi connectivity index (χ0) is 12.1. The van der Waals surface area contributed by atoms with Crippen LogP contribution in [0.15, 0.2) is 23.1 Å². The van der Waals surface area contributed by atoms with Gasteiger partial charge in [0.2, 0.25) is 0 Å². The normalized spacial score (nSPS) is 13.0. The maximum Gasteiger partial charge on any atom is 0.0620 e. The van der Waals surface area contributed by atoms with E-state index in [1.165, 1.54) is 0 Å². The summed E-state index contributed by atoms with van der Waals surface area (Å²) < 4.78 is 17.3. The largest absolute Gasteiger partial charge is 0.398 e. The number of hydrogen-bond donors (Lipinski definition) is 1. The highest BCUT2D eigenvalue weighted by atomic mass is 32.2. The van der Waals surface area contributed by atoms with Crippen molar-refractivity contribution in [2.24, 2.45) is 0 Å². The fourth-order valence-electron chi connectivity index (χ4n) is 1.31. The van der Waals surface area contributed by atoms with Crippen LogP contribution in [0.5, 0.6) is 0 Å². The van der Waals surface area contributed by atoms with E-state index in [9.17, 15) is 4.21 Å². The third-order valence-electron chi connectivity index (χ3n) is 2.13. The molecule has 4 heteroatoms. The van der Waals surface area contributed by atoms with E-state index < -0.39 is 10.8 Å². The number of ether oxygens (including phenoxy) is 1. The molecule has 90 valence electrons. The first kappa shape index (κ1) is 13.2. The van der Waals surface area contributed by atoms with Crippen molar-refractivity contribution in [1.82, 2.24) is 0 Å². The van der Waals surface area contributed by atoms with Gasteiger partial charge in [-0.2, -0.15) is 0 Å². The average molecular weight is 241 g/mol. The average Bonchev–Trinajstić information content (AvgIpc) is 2.21. The van der Waals surface area contributed by atoms with Gasteiger partial charge in [0.05, 0.1) is 34.2 Å². The molecule has 1 atom stereocenters. The van der Waals surface area contributed by atoms with Crippen LogP contribution in [-0.2, 0) is 15.5 Å². The summed E-state index contributed by atoms with van der Waals surface area (Å²) in [6.07, 6.45) is 0.173. The van der Waals surface area contributed by atoms with Crippen molar-refractivity contribution < 1.29 is 8.95 Å². The summed E-state index contributed by atoms with van der Waals surface area (Å²) >= 11 is 0. The van der Waals surface area contributed by atoms with Crippen molar-refractivity contribution in [3.8, 4) is 0 Å². The molecule has 1 rings (SSSR count). The Hall–Kier alpha value is -0.870. The maximum absolute atomic E-state index is 12.0. The van der Waals surface area contributed by atoms with Crippen molar-refractivity contribution in [1.29, 1.82) is 0 Å². The van der Waals surface area contributed by atoms with Gasteiger partial charge >= 0.3 is 0 Å². The zero-order valence-corrected chi connectivity index (χ0v) is 10.8. The molecule has 0 heterocycles. The molecule has 3 nitrogen and oxygen atoms in total. The molecule has 1 aromatic carbocycles. The van der Waals surface area contributed by atoms with E-state index in [1.54, 1.807) is 6.07 Å². The van der Waals surface area contributed by atoms with Crippen LogP contribution in [0.1, 0.15) is 19.4 Å². The lowest BCUT2D eigenvalue weighted by Gasteiger charge is -2.09. The van der Waals surface area contributed by atoms with Gasteiger partial charge in [0.25, 0.3) is 0 Å². The quantitative estimate of drug-likeness (QED) is 0.803. The Labute approximate surface area is 99.4 Å². The number of nitrogen functional groups attached to an aromatic ring is 1. The highest BCUT2D eigenvalue weighted by molar-refractivity contribution is 7.85. The molecule has 0 aromatic heterocycles. The number of nitrogens with two attached hydrogens (primary N) is 1. The lowest BCUT2D eigenvalue weighted by molar-refractivity contribution is 0.0916. The van der Waals surface area contributed by atoms with Gasteiger partial charge in [-0.25, -0.2) is 0 Å². The molecule has 0 fully saturated rings. The van der Waals surface area contributed by atoms with Crippen molar-refractivity contribution in [3.05, 3.63) is 23.8 Å². The van der Waals surface area contributed by atoms with Gasteiger partial charge in [0.1, 0.15) is 0 Å². The molecular weight excluding hydrogens is 222 g/mol. The minimum Gasteiger partial charge on any atom is -0.398 e. The summed E-state index contributed by atoms with van der Waals surface area (Å²) in [6.45, 7) is 6.39. The van der Waals surface area contributed by atoms with Crippen LogP contribution in [0.2, 0.25) is 0 Å². The molecule has 2 N–H and O–H groups in total. The second-order valence-electron chi connectivity index (χ2n) is 4.01. The Morgan fingerprint density at radius 2 is 2.12 bits per heavy atom. The number of benzene rings is 1. The molecule has 0 aliphatic carbocycles. The van der Waals surface area contributed by atoms with Crippen LogP contribution in [0.25, 0.3) is 0 Å².